The van der Waals surface area contributed by atoms with E-state index in [1.807, 2.05) is 30.3 Å². The van der Waals surface area contributed by atoms with Crippen LogP contribution >= 0.6 is 0 Å². The molecule has 2 aromatic rings. The van der Waals surface area contributed by atoms with E-state index in [1.165, 1.54) is 11.4 Å². The number of benzene rings is 2. The van der Waals surface area contributed by atoms with Crippen LogP contribution in [0.4, 0.5) is 0 Å². The number of aliphatic hydroxyl groups is 1. The molecule has 9 heteroatoms. The predicted molar refractivity (Wildman–Crippen MR) is 130 cm³/mol. The average Bonchev–Trinajstić information content (AvgIpc) is 3.29. The van der Waals surface area contributed by atoms with E-state index in [-0.39, 0.29) is 24.4 Å². The Morgan fingerprint density at radius 2 is 1.74 bits per heavy atom. The molecule has 0 spiro atoms. The maximum Gasteiger partial charge on any atom is 0.244 e. The fraction of sp³-hybridized carbons (Fsp3) is 0.440. The maximum atomic E-state index is 13.5. The Balaban J connectivity index is 1.54. The van der Waals surface area contributed by atoms with Crippen molar-refractivity contribution in [2.75, 3.05) is 20.2 Å². The van der Waals surface area contributed by atoms with Gasteiger partial charge in [0.05, 0.1) is 22.8 Å². The second-order valence-corrected chi connectivity index (χ2v) is 10.9. The monoisotopic (exact) mass is 485 g/mol. The summed E-state index contributed by atoms with van der Waals surface area (Å²) in [6.07, 6.45) is 4.30. The molecule has 1 saturated carbocycles. The molecule has 34 heavy (non-hydrogen) atoms. The van der Waals surface area contributed by atoms with E-state index in [4.69, 9.17) is 4.84 Å². The van der Waals surface area contributed by atoms with Crippen LogP contribution < -0.4 is 5.32 Å². The zero-order chi connectivity index (χ0) is 24.2. The van der Waals surface area contributed by atoms with E-state index in [0.29, 0.717) is 18.6 Å². The molecule has 2 aromatic carbocycles. The summed E-state index contributed by atoms with van der Waals surface area (Å²) in [4.78, 5) is 18.0. The summed E-state index contributed by atoms with van der Waals surface area (Å²) in [7, 11) is -2.58. The minimum atomic E-state index is -3.97. The standard InChI is InChI=1S/C25H31N3O5S/c1-33-27-21-16-23(24(29)26-18-25(30)14-6-3-7-15-25)28(17-21)34(31,32)22-12-10-20(11-13-22)19-8-4-2-5-9-19/h2,4-5,8-13,23,30H,3,6-7,14-18H2,1H3,(H,26,29)/t23-/m0/s1. The van der Waals surface area contributed by atoms with Gasteiger partial charge in [0.15, 0.2) is 0 Å². The van der Waals surface area contributed by atoms with Crippen molar-refractivity contribution in [3.8, 4) is 11.1 Å². The van der Waals surface area contributed by atoms with E-state index in [2.05, 4.69) is 10.5 Å². The van der Waals surface area contributed by atoms with Gasteiger partial charge in [-0.05, 0) is 36.1 Å². The maximum absolute atomic E-state index is 13.5. The molecule has 1 aliphatic heterocycles. The van der Waals surface area contributed by atoms with Crippen LogP contribution in [-0.2, 0) is 19.7 Å². The molecular formula is C25H31N3O5S. The van der Waals surface area contributed by atoms with Crippen LogP contribution in [0.3, 0.4) is 0 Å². The molecule has 0 radical (unpaired) electrons. The molecule has 2 N–H and O–H groups in total. The Bertz CT molecular complexity index is 1130. The van der Waals surface area contributed by atoms with Gasteiger partial charge in [0, 0.05) is 13.0 Å². The molecule has 1 saturated heterocycles. The molecule has 0 bridgehead atoms. The number of amides is 1. The van der Waals surface area contributed by atoms with Crippen LogP contribution in [0.15, 0.2) is 64.6 Å². The minimum Gasteiger partial charge on any atom is -0.399 e. The summed E-state index contributed by atoms with van der Waals surface area (Å²) in [5, 5.41) is 17.4. The third-order valence-electron chi connectivity index (χ3n) is 6.58. The summed E-state index contributed by atoms with van der Waals surface area (Å²) in [6.45, 7) is 0.0811. The molecular weight excluding hydrogens is 454 g/mol. The molecule has 1 heterocycles. The lowest BCUT2D eigenvalue weighted by atomic mass is 9.85. The lowest BCUT2D eigenvalue weighted by molar-refractivity contribution is -0.125. The molecule has 182 valence electrons. The number of oxime groups is 1. The Morgan fingerprint density at radius 1 is 1.09 bits per heavy atom. The third-order valence-corrected chi connectivity index (χ3v) is 8.45. The molecule has 0 aromatic heterocycles. The zero-order valence-corrected chi connectivity index (χ0v) is 20.1. The topological polar surface area (TPSA) is 108 Å². The van der Waals surface area contributed by atoms with Gasteiger partial charge in [-0.25, -0.2) is 8.42 Å². The van der Waals surface area contributed by atoms with E-state index < -0.39 is 27.6 Å². The lowest BCUT2D eigenvalue weighted by Gasteiger charge is -2.33. The first-order valence-electron chi connectivity index (χ1n) is 11.6. The summed E-state index contributed by atoms with van der Waals surface area (Å²) in [5.41, 5.74) is 1.42. The molecule has 1 aliphatic carbocycles. The molecule has 1 atom stereocenters. The Kier molecular flexibility index (Phi) is 7.35. The van der Waals surface area contributed by atoms with Gasteiger partial charge >= 0.3 is 0 Å². The number of hydrogen-bond acceptors (Lipinski definition) is 6. The highest BCUT2D eigenvalue weighted by atomic mass is 32.2. The summed E-state index contributed by atoms with van der Waals surface area (Å²) < 4.78 is 28.2. The van der Waals surface area contributed by atoms with Crippen molar-refractivity contribution < 1.29 is 23.2 Å². The smallest absolute Gasteiger partial charge is 0.244 e. The molecule has 0 unspecified atom stereocenters. The van der Waals surface area contributed by atoms with Crippen molar-refractivity contribution in [1.29, 1.82) is 0 Å². The van der Waals surface area contributed by atoms with Gasteiger partial charge in [0.1, 0.15) is 13.2 Å². The van der Waals surface area contributed by atoms with Crippen LogP contribution in [0.2, 0.25) is 0 Å². The quantitative estimate of drug-likeness (QED) is 0.586. The highest BCUT2D eigenvalue weighted by Crippen LogP contribution is 2.29. The Morgan fingerprint density at radius 3 is 2.38 bits per heavy atom. The summed E-state index contributed by atoms with van der Waals surface area (Å²) >= 11 is 0. The van der Waals surface area contributed by atoms with Gasteiger partial charge in [-0.3, -0.25) is 4.79 Å². The number of nitrogens with one attached hydrogen (secondary N) is 1. The third kappa shape index (κ3) is 5.32. The second-order valence-electron chi connectivity index (χ2n) is 9.00. The fourth-order valence-electron chi connectivity index (χ4n) is 4.69. The second kappa shape index (κ2) is 10.2. The average molecular weight is 486 g/mol. The first kappa shape index (κ1) is 24.4. The Hall–Kier alpha value is -2.75. The first-order chi connectivity index (χ1) is 16.3. The van der Waals surface area contributed by atoms with Crippen molar-refractivity contribution in [3.63, 3.8) is 0 Å². The molecule has 2 fully saturated rings. The highest BCUT2D eigenvalue weighted by molar-refractivity contribution is 7.89. The number of rotatable bonds is 7. The number of carbonyl (C=O) groups excluding carboxylic acids is 1. The van der Waals surface area contributed by atoms with Crippen molar-refractivity contribution in [2.24, 2.45) is 5.16 Å². The fourth-order valence-corrected chi connectivity index (χ4v) is 6.27. The van der Waals surface area contributed by atoms with Crippen LogP contribution in [0.25, 0.3) is 11.1 Å². The number of hydrogen-bond donors (Lipinski definition) is 2. The van der Waals surface area contributed by atoms with Gasteiger partial charge in [-0.1, -0.05) is 66.9 Å². The van der Waals surface area contributed by atoms with Crippen molar-refractivity contribution >= 4 is 21.6 Å². The number of carbonyl (C=O) groups is 1. The molecule has 4 rings (SSSR count). The molecule has 8 nitrogen and oxygen atoms in total. The van der Waals surface area contributed by atoms with Gasteiger partial charge < -0.3 is 15.3 Å². The first-order valence-corrected chi connectivity index (χ1v) is 13.0. The van der Waals surface area contributed by atoms with Crippen LogP contribution in [-0.4, -0.2) is 61.3 Å². The van der Waals surface area contributed by atoms with Gasteiger partial charge in [-0.15, -0.1) is 0 Å². The van der Waals surface area contributed by atoms with Crippen molar-refractivity contribution in [1.82, 2.24) is 9.62 Å². The van der Waals surface area contributed by atoms with Crippen molar-refractivity contribution in [3.05, 3.63) is 54.6 Å². The van der Waals surface area contributed by atoms with E-state index >= 15 is 0 Å². The number of nitrogens with zero attached hydrogens (tertiary/aromatic N) is 2. The van der Waals surface area contributed by atoms with Crippen molar-refractivity contribution in [2.45, 2.75) is 55.1 Å². The van der Waals surface area contributed by atoms with Gasteiger partial charge in [0.2, 0.25) is 15.9 Å². The van der Waals surface area contributed by atoms with E-state index in [9.17, 15) is 18.3 Å². The summed E-state index contributed by atoms with van der Waals surface area (Å²) in [5.74, 6) is -0.440. The van der Waals surface area contributed by atoms with E-state index in [1.54, 1.807) is 24.3 Å². The predicted octanol–water partition coefficient (Wildman–Crippen LogP) is 2.93. The molecule has 2 aliphatic rings. The minimum absolute atomic E-state index is 0.0288. The Labute approximate surface area is 200 Å². The number of sulfonamides is 1. The largest absolute Gasteiger partial charge is 0.399 e. The highest BCUT2D eigenvalue weighted by Gasteiger charge is 2.43. The summed E-state index contributed by atoms with van der Waals surface area (Å²) in [6, 6.07) is 15.4. The normalized spacial score (nSPS) is 21.9. The van der Waals surface area contributed by atoms with Gasteiger partial charge in [-0.2, -0.15) is 4.31 Å². The van der Waals surface area contributed by atoms with Crippen LogP contribution in [0.1, 0.15) is 38.5 Å². The lowest BCUT2D eigenvalue weighted by Crippen LogP contribution is -2.50. The van der Waals surface area contributed by atoms with Crippen LogP contribution in [0.5, 0.6) is 0 Å². The van der Waals surface area contributed by atoms with Crippen LogP contribution in [0, 0.1) is 0 Å². The van der Waals surface area contributed by atoms with E-state index in [0.717, 1.165) is 30.4 Å². The van der Waals surface area contributed by atoms with Gasteiger partial charge in [0.25, 0.3) is 0 Å². The SMILES string of the molecule is CON=C1C[C@@H](C(=O)NCC2(O)CCCCC2)N(S(=O)(=O)c2ccc(-c3ccccc3)cc2)C1. The molecule has 1 amide bonds. The zero-order valence-electron chi connectivity index (χ0n) is 19.3.